The predicted octanol–water partition coefficient (Wildman–Crippen LogP) is 3.00. The highest BCUT2D eigenvalue weighted by molar-refractivity contribution is 5.99. The molecule has 0 bridgehead atoms. The number of aromatic carboxylic acids is 1. The van der Waals surface area contributed by atoms with E-state index in [4.69, 9.17) is 9.84 Å². The molecule has 0 aliphatic heterocycles. The van der Waals surface area contributed by atoms with E-state index in [1.54, 1.807) is 30.7 Å². The van der Waals surface area contributed by atoms with Crippen molar-refractivity contribution in [3.05, 3.63) is 46.8 Å². The molecule has 0 amide bonds. The molecular weight excluding hydrogens is 308 g/mol. The summed E-state index contributed by atoms with van der Waals surface area (Å²) >= 11 is 0. The molecule has 2 aromatic rings. The molecule has 0 saturated carbocycles. The van der Waals surface area contributed by atoms with Gasteiger partial charge in [0.05, 0.1) is 17.7 Å². The van der Waals surface area contributed by atoms with E-state index in [0.29, 0.717) is 28.8 Å². The Morgan fingerprint density at radius 3 is 2.33 bits per heavy atom. The van der Waals surface area contributed by atoms with Crippen molar-refractivity contribution in [2.45, 2.75) is 20.3 Å². The number of carboxylic acids is 1. The van der Waals surface area contributed by atoms with Gasteiger partial charge in [0.25, 0.3) is 0 Å². The number of esters is 1. The second kappa shape index (κ2) is 7.01. The summed E-state index contributed by atoms with van der Waals surface area (Å²) in [7, 11) is 1.72. The summed E-state index contributed by atoms with van der Waals surface area (Å²) in [5.41, 5.74) is 2.67. The van der Waals surface area contributed by atoms with Gasteiger partial charge in [0.1, 0.15) is 11.8 Å². The maximum absolute atomic E-state index is 12.4. The first kappa shape index (κ1) is 17.3. The number of hydrogen-bond donors (Lipinski definition) is 1. The van der Waals surface area contributed by atoms with E-state index in [1.807, 2.05) is 6.92 Å². The molecule has 0 radical (unpaired) electrons. The summed E-state index contributed by atoms with van der Waals surface area (Å²) < 4.78 is 6.80. The van der Waals surface area contributed by atoms with Crippen LogP contribution in [0.25, 0.3) is 11.1 Å². The second-order valence-corrected chi connectivity index (χ2v) is 5.17. The molecule has 0 saturated heterocycles. The van der Waals surface area contributed by atoms with Crippen LogP contribution in [0.4, 0.5) is 0 Å². The molecule has 0 fully saturated rings. The molecule has 1 N–H and O–H groups in total. The van der Waals surface area contributed by atoms with E-state index in [0.717, 1.165) is 5.69 Å². The van der Waals surface area contributed by atoms with Gasteiger partial charge in [-0.25, -0.2) is 9.59 Å². The highest BCUT2D eigenvalue weighted by Crippen LogP contribution is 2.33. The molecular formula is C18H18N2O4. The van der Waals surface area contributed by atoms with Crippen molar-refractivity contribution in [3.8, 4) is 17.2 Å². The van der Waals surface area contributed by atoms with Gasteiger partial charge in [-0.15, -0.1) is 0 Å². The Balaban J connectivity index is 2.73. The molecule has 124 valence electrons. The van der Waals surface area contributed by atoms with Crippen molar-refractivity contribution in [2.24, 2.45) is 7.05 Å². The highest BCUT2D eigenvalue weighted by atomic mass is 16.5. The Morgan fingerprint density at radius 1 is 1.25 bits per heavy atom. The van der Waals surface area contributed by atoms with E-state index < -0.39 is 11.9 Å². The molecule has 24 heavy (non-hydrogen) atoms. The normalized spacial score (nSPS) is 10.2. The maximum atomic E-state index is 12.4. The molecule has 1 heterocycles. The van der Waals surface area contributed by atoms with E-state index >= 15 is 0 Å². The number of carbonyl (C=O) groups is 2. The minimum absolute atomic E-state index is 0.140. The van der Waals surface area contributed by atoms with Crippen LogP contribution in [0.1, 0.15) is 46.0 Å². The van der Waals surface area contributed by atoms with Gasteiger partial charge in [0.15, 0.2) is 0 Å². The molecule has 6 heteroatoms. The standard InChI is InChI=1S/C18H18N2O4/c1-4-14-13(10-19)15(16(20(14)3)18(23)24-5-2)11-6-8-12(9-7-11)17(21)22/h6-9H,4-5H2,1-3H3,(H,21,22). The van der Waals surface area contributed by atoms with Gasteiger partial charge in [-0.1, -0.05) is 19.1 Å². The fourth-order valence-electron chi connectivity index (χ4n) is 2.77. The number of hydrogen-bond acceptors (Lipinski definition) is 4. The van der Waals surface area contributed by atoms with Crippen molar-refractivity contribution in [1.82, 2.24) is 4.57 Å². The molecule has 0 aliphatic rings. The first-order valence-electron chi connectivity index (χ1n) is 7.58. The van der Waals surface area contributed by atoms with Crippen molar-refractivity contribution < 1.29 is 19.4 Å². The third-order valence-electron chi connectivity index (χ3n) is 3.85. The summed E-state index contributed by atoms with van der Waals surface area (Å²) in [5.74, 6) is -1.54. The number of benzene rings is 1. The van der Waals surface area contributed by atoms with Crippen LogP contribution in [0.5, 0.6) is 0 Å². The molecule has 0 unspecified atom stereocenters. The number of carbonyl (C=O) groups excluding carboxylic acids is 1. The average Bonchev–Trinajstić information content (AvgIpc) is 2.86. The summed E-state index contributed by atoms with van der Waals surface area (Å²) in [6.07, 6.45) is 0.582. The summed E-state index contributed by atoms with van der Waals surface area (Å²) in [4.78, 5) is 23.4. The SMILES string of the molecule is CCOC(=O)c1c(-c2ccc(C(=O)O)cc2)c(C#N)c(CC)n1C. The van der Waals surface area contributed by atoms with Crippen molar-refractivity contribution in [3.63, 3.8) is 0 Å². The van der Waals surface area contributed by atoms with Crippen molar-refractivity contribution >= 4 is 11.9 Å². The van der Waals surface area contributed by atoms with Crippen molar-refractivity contribution in [1.29, 1.82) is 5.26 Å². The lowest BCUT2D eigenvalue weighted by Crippen LogP contribution is -2.12. The minimum Gasteiger partial charge on any atom is -0.478 e. The molecule has 0 spiro atoms. The van der Waals surface area contributed by atoms with Crippen molar-refractivity contribution in [2.75, 3.05) is 6.61 Å². The van der Waals surface area contributed by atoms with Crippen LogP contribution in [-0.2, 0) is 18.2 Å². The molecule has 0 atom stereocenters. The van der Waals surface area contributed by atoms with Crippen LogP contribution in [0.2, 0.25) is 0 Å². The summed E-state index contributed by atoms with van der Waals surface area (Å²) in [6.45, 7) is 3.85. The van der Waals surface area contributed by atoms with Crippen LogP contribution in [-0.4, -0.2) is 28.2 Å². The first-order valence-corrected chi connectivity index (χ1v) is 7.58. The second-order valence-electron chi connectivity index (χ2n) is 5.17. The van der Waals surface area contributed by atoms with Gasteiger partial charge >= 0.3 is 11.9 Å². The lowest BCUT2D eigenvalue weighted by Gasteiger charge is -2.08. The van der Waals surface area contributed by atoms with Gasteiger partial charge < -0.3 is 14.4 Å². The zero-order chi connectivity index (χ0) is 17.9. The molecule has 6 nitrogen and oxygen atoms in total. The largest absolute Gasteiger partial charge is 0.478 e. The Morgan fingerprint density at radius 2 is 1.88 bits per heavy atom. The Hall–Kier alpha value is -3.07. The fourth-order valence-corrected chi connectivity index (χ4v) is 2.77. The number of nitrogens with zero attached hydrogens (tertiary/aromatic N) is 2. The Kier molecular flexibility index (Phi) is 5.05. The molecule has 0 aliphatic carbocycles. The van der Waals surface area contributed by atoms with Gasteiger partial charge in [-0.2, -0.15) is 5.26 Å². The Bertz CT molecular complexity index is 826. The lowest BCUT2D eigenvalue weighted by molar-refractivity contribution is 0.0515. The summed E-state index contributed by atoms with van der Waals surface area (Å²) in [5, 5.41) is 18.6. The van der Waals surface area contributed by atoms with Gasteiger partial charge in [0.2, 0.25) is 0 Å². The van der Waals surface area contributed by atoms with Gasteiger partial charge in [0, 0.05) is 18.3 Å². The molecule has 1 aromatic heterocycles. The number of ether oxygens (including phenoxy) is 1. The smallest absolute Gasteiger partial charge is 0.355 e. The summed E-state index contributed by atoms with van der Waals surface area (Å²) in [6, 6.07) is 8.26. The quantitative estimate of drug-likeness (QED) is 0.853. The van der Waals surface area contributed by atoms with Crippen LogP contribution in [0.15, 0.2) is 24.3 Å². The third kappa shape index (κ3) is 2.88. The first-order chi connectivity index (χ1) is 11.5. The number of rotatable bonds is 5. The van der Waals surface area contributed by atoms with Gasteiger partial charge in [-0.3, -0.25) is 0 Å². The topological polar surface area (TPSA) is 92.3 Å². The zero-order valence-electron chi connectivity index (χ0n) is 13.8. The predicted molar refractivity (Wildman–Crippen MR) is 87.9 cm³/mol. The van der Waals surface area contributed by atoms with E-state index in [-0.39, 0.29) is 12.2 Å². The van der Waals surface area contributed by atoms with Gasteiger partial charge in [-0.05, 0) is 31.0 Å². The molecule has 1 aromatic carbocycles. The minimum atomic E-state index is -1.03. The van der Waals surface area contributed by atoms with Crippen LogP contribution in [0.3, 0.4) is 0 Å². The van der Waals surface area contributed by atoms with E-state index in [1.165, 1.54) is 12.1 Å². The number of carboxylic acid groups (broad SMARTS) is 1. The Labute approximate surface area is 139 Å². The monoisotopic (exact) mass is 326 g/mol. The zero-order valence-corrected chi connectivity index (χ0v) is 13.8. The number of nitriles is 1. The maximum Gasteiger partial charge on any atom is 0.355 e. The van der Waals surface area contributed by atoms with Crippen LogP contribution in [0, 0.1) is 11.3 Å². The van der Waals surface area contributed by atoms with E-state index in [2.05, 4.69) is 6.07 Å². The van der Waals surface area contributed by atoms with E-state index in [9.17, 15) is 14.9 Å². The van der Waals surface area contributed by atoms with Crippen LogP contribution >= 0.6 is 0 Å². The molecule has 2 rings (SSSR count). The fraction of sp³-hybridized carbons (Fsp3) is 0.278. The highest BCUT2D eigenvalue weighted by Gasteiger charge is 2.26. The lowest BCUT2D eigenvalue weighted by atomic mass is 9.99. The van der Waals surface area contributed by atoms with Crippen LogP contribution < -0.4 is 0 Å². The third-order valence-corrected chi connectivity index (χ3v) is 3.85. The number of aromatic nitrogens is 1. The average molecular weight is 326 g/mol.